The van der Waals surface area contributed by atoms with Crippen LogP contribution in [-0.2, 0) is 4.74 Å². The first-order valence-electron chi connectivity index (χ1n) is 10.8. The van der Waals surface area contributed by atoms with Crippen LogP contribution in [0.2, 0.25) is 0 Å². The summed E-state index contributed by atoms with van der Waals surface area (Å²) in [4.78, 5) is 13.6. The second-order valence-corrected chi connectivity index (χ2v) is 8.78. The highest BCUT2D eigenvalue weighted by Crippen LogP contribution is 2.39. The highest BCUT2D eigenvalue weighted by Gasteiger charge is 2.27. The lowest BCUT2D eigenvalue weighted by atomic mass is 9.85. The molecule has 0 atom stereocenters. The average Bonchev–Trinajstić information content (AvgIpc) is 3.49. The highest BCUT2D eigenvalue weighted by atomic mass is 79.9. The molecule has 11 heteroatoms. The number of aromatic nitrogens is 5. The summed E-state index contributed by atoms with van der Waals surface area (Å²) in [6, 6.07) is 10.0. The normalized spacial score (nSPS) is 17.8. The fraction of sp³-hybridized carbons (Fsp3) is 0.304. The zero-order valence-corrected chi connectivity index (χ0v) is 20.1. The predicted octanol–water partition coefficient (Wildman–Crippen LogP) is 4.82. The maximum atomic E-state index is 8.56. The van der Waals surface area contributed by atoms with Crippen molar-refractivity contribution in [3.63, 3.8) is 0 Å². The van der Waals surface area contributed by atoms with E-state index in [0.717, 1.165) is 58.3 Å². The molecule has 1 aliphatic rings. The van der Waals surface area contributed by atoms with Crippen molar-refractivity contribution in [1.29, 1.82) is 0 Å². The van der Waals surface area contributed by atoms with Gasteiger partial charge in [-0.15, -0.1) is 0 Å². The molecule has 5 rings (SSSR count). The molecule has 1 aromatic carbocycles. The van der Waals surface area contributed by atoms with Crippen LogP contribution >= 0.6 is 15.9 Å². The molecule has 178 valence electrons. The number of fused-ring (bicyclic) bond motifs is 1. The van der Waals surface area contributed by atoms with Gasteiger partial charge in [-0.1, -0.05) is 18.2 Å². The number of hydrogen-bond acceptors (Lipinski definition) is 6. The highest BCUT2D eigenvalue weighted by molar-refractivity contribution is 9.10. The molecule has 1 fully saturated rings. The van der Waals surface area contributed by atoms with Crippen LogP contribution in [0.4, 0.5) is 10.6 Å². The molecule has 0 unspecified atom stereocenters. The molecule has 10 nitrogen and oxygen atoms in total. The van der Waals surface area contributed by atoms with Crippen molar-refractivity contribution < 1.29 is 19.7 Å². The number of rotatable bonds is 4. The van der Waals surface area contributed by atoms with Crippen LogP contribution in [0.25, 0.3) is 22.5 Å². The third-order valence-corrected chi connectivity index (χ3v) is 6.77. The Balaban J connectivity index is 0.000000636. The van der Waals surface area contributed by atoms with Gasteiger partial charge in [-0.05, 0) is 53.7 Å². The molecule has 0 radical (unpaired) electrons. The van der Waals surface area contributed by atoms with Gasteiger partial charge in [-0.3, -0.25) is 0 Å². The summed E-state index contributed by atoms with van der Waals surface area (Å²) < 4.78 is 9.91. The molecule has 0 bridgehead atoms. The molecule has 0 spiro atoms. The number of halogens is 1. The van der Waals surface area contributed by atoms with Crippen LogP contribution in [0, 0.1) is 0 Å². The number of nitrogens with two attached hydrogens (primary N) is 1. The van der Waals surface area contributed by atoms with E-state index in [2.05, 4.69) is 26.1 Å². The Morgan fingerprint density at radius 1 is 1.12 bits per heavy atom. The van der Waals surface area contributed by atoms with Crippen molar-refractivity contribution in [2.45, 2.75) is 37.7 Å². The number of nitrogens with zero attached hydrogens (tertiary/aromatic N) is 5. The van der Waals surface area contributed by atoms with E-state index in [1.165, 1.54) is 0 Å². The topological polar surface area (TPSA) is 141 Å². The van der Waals surface area contributed by atoms with Crippen LogP contribution in [0.3, 0.4) is 0 Å². The number of para-hydroxylation sites is 1. The fourth-order valence-electron chi connectivity index (χ4n) is 4.24. The largest absolute Gasteiger partial charge is 0.503 e. The van der Waals surface area contributed by atoms with Crippen molar-refractivity contribution in [3.8, 4) is 16.8 Å². The number of carboxylic acid groups (broad SMARTS) is 2. The lowest BCUT2D eigenvalue weighted by Crippen LogP contribution is -2.20. The van der Waals surface area contributed by atoms with Gasteiger partial charge in [0, 0.05) is 30.4 Å². The minimum Gasteiger partial charge on any atom is -0.450 e. The molecule has 1 saturated carbocycles. The number of hydrogen-bond donors (Lipinski definition) is 3. The first kappa shape index (κ1) is 23.7. The summed E-state index contributed by atoms with van der Waals surface area (Å²) in [6.07, 6.45) is 8.30. The van der Waals surface area contributed by atoms with Crippen molar-refractivity contribution >= 4 is 33.6 Å². The van der Waals surface area contributed by atoms with Crippen LogP contribution < -0.4 is 5.73 Å². The fourth-order valence-corrected chi connectivity index (χ4v) is 4.82. The second-order valence-electron chi connectivity index (χ2n) is 7.99. The Morgan fingerprint density at radius 3 is 2.44 bits per heavy atom. The predicted molar refractivity (Wildman–Crippen MR) is 130 cm³/mol. The quantitative estimate of drug-likeness (QED) is 0.342. The van der Waals surface area contributed by atoms with Crippen molar-refractivity contribution in [2.75, 3.05) is 12.8 Å². The molecule has 0 amide bonds. The van der Waals surface area contributed by atoms with E-state index in [1.54, 1.807) is 11.6 Å². The Kier molecular flexibility index (Phi) is 7.13. The number of nitrogen functional groups attached to an aromatic ring is 1. The van der Waals surface area contributed by atoms with Gasteiger partial charge >= 0.3 is 6.16 Å². The van der Waals surface area contributed by atoms with Gasteiger partial charge in [0.15, 0.2) is 5.65 Å². The van der Waals surface area contributed by atoms with Gasteiger partial charge in [-0.25, -0.2) is 14.5 Å². The van der Waals surface area contributed by atoms with Crippen LogP contribution in [-0.4, -0.2) is 54.0 Å². The Morgan fingerprint density at radius 2 is 1.79 bits per heavy atom. The molecule has 1 aliphatic carbocycles. The van der Waals surface area contributed by atoms with Gasteiger partial charge in [-0.2, -0.15) is 14.7 Å². The summed E-state index contributed by atoms with van der Waals surface area (Å²) in [7, 11) is 1.79. The number of methoxy groups -OCH3 is 1. The van der Waals surface area contributed by atoms with E-state index >= 15 is 0 Å². The smallest absolute Gasteiger partial charge is 0.450 e. The summed E-state index contributed by atoms with van der Waals surface area (Å²) in [5.41, 5.74) is 11.1. The van der Waals surface area contributed by atoms with E-state index < -0.39 is 6.16 Å². The summed E-state index contributed by atoms with van der Waals surface area (Å²) in [5.74, 6) is 0.929. The second kappa shape index (κ2) is 10.2. The van der Waals surface area contributed by atoms with E-state index in [-0.39, 0.29) is 0 Å². The number of carbonyl (C=O) groups is 1. The minimum atomic E-state index is -1.83. The van der Waals surface area contributed by atoms with Crippen LogP contribution in [0.15, 0.2) is 53.4 Å². The molecule has 4 N–H and O–H groups in total. The summed E-state index contributed by atoms with van der Waals surface area (Å²) >= 11 is 3.67. The number of anilines is 1. The minimum absolute atomic E-state index is 0.343. The molecular formula is C23H25BrN6O4. The van der Waals surface area contributed by atoms with Gasteiger partial charge in [0.05, 0.1) is 34.4 Å². The van der Waals surface area contributed by atoms with Crippen molar-refractivity contribution in [1.82, 2.24) is 24.4 Å². The van der Waals surface area contributed by atoms with Gasteiger partial charge in [0.25, 0.3) is 0 Å². The van der Waals surface area contributed by atoms with Crippen LogP contribution in [0.1, 0.15) is 37.3 Å². The Bertz CT molecular complexity index is 1280. The van der Waals surface area contributed by atoms with Gasteiger partial charge in [0.2, 0.25) is 0 Å². The van der Waals surface area contributed by atoms with Crippen LogP contribution in [0.5, 0.6) is 0 Å². The molecule has 3 aromatic heterocycles. The molecule has 34 heavy (non-hydrogen) atoms. The lowest BCUT2D eigenvalue weighted by Gasteiger charge is -2.28. The maximum absolute atomic E-state index is 8.56. The van der Waals surface area contributed by atoms with Gasteiger partial charge in [0.1, 0.15) is 5.82 Å². The molecule has 4 aromatic rings. The standard InChI is InChI=1S/C22H23BrN6O.CH2O3/c1-30-17-9-7-14(8-10-17)20-19(23)21(24)29-22(27-20)18(12-26-29)15-11-25-28(13-15)16-5-3-2-4-6-16;2-1(3)4/h2-6,11-14,17H,7-10,24H2,1H3;(H2,2,3,4). The third kappa shape index (κ3) is 4.90. The monoisotopic (exact) mass is 528 g/mol. The average molecular weight is 529 g/mol. The van der Waals surface area contributed by atoms with E-state index in [0.29, 0.717) is 17.8 Å². The molecule has 3 heterocycles. The van der Waals surface area contributed by atoms with Crippen molar-refractivity contribution in [3.05, 3.63) is 59.1 Å². The van der Waals surface area contributed by atoms with E-state index in [4.69, 9.17) is 30.5 Å². The molecular weight excluding hydrogens is 504 g/mol. The van der Waals surface area contributed by atoms with Gasteiger partial charge < -0.3 is 20.7 Å². The Hall–Kier alpha value is -3.44. The molecule has 0 aliphatic heterocycles. The first-order valence-corrected chi connectivity index (χ1v) is 11.6. The summed E-state index contributed by atoms with van der Waals surface area (Å²) in [5, 5.41) is 23.0. The van der Waals surface area contributed by atoms with Crippen molar-refractivity contribution in [2.24, 2.45) is 0 Å². The third-order valence-electron chi connectivity index (χ3n) is 5.96. The number of ether oxygens (including phenoxy) is 1. The van der Waals surface area contributed by atoms with E-state index in [1.807, 2.05) is 53.6 Å². The number of benzene rings is 1. The zero-order valence-electron chi connectivity index (χ0n) is 18.5. The Labute approximate surface area is 204 Å². The zero-order chi connectivity index (χ0) is 24.2. The lowest BCUT2D eigenvalue weighted by molar-refractivity contribution is 0.0654. The first-order chi connectivity index (χ1) is 16.4. The van der Waals surface area contributed by atoms with E-state index in [9.17, 15) is 0 Å². The summed E-state index contributed by atoms with van der Waals surface area (Å²) in [6.45, 7) is 0. The SMILES string of the molecule is COC1CCC(c2nc3c(-c4cnn(-c5ccccc5)c4)cnn3c(N)c2Br)CC1.O=C(O)O. The molecule has 0 saturated heterocycles. The maximum Gasteiger partial charge on any atom is 0.503 e.